The molecule has 4 N–H and O–H groups in total. The molecule has 1 aromatic heterocycles. The number of hydrogen-bond donors (Lipinski definition) is 3. The molecular formula is C9H13N5O. The van der Waals surface area contributed by atoms with Crippen LogP contribution in [0.1, 0.15) is 16.9 Å². The van der Waals surface area contributed by atoms with E-state index in [1.54, 1.807) is 12.1 Å². The number of hydrogen-bond acceptors (Lipinski definition) is 5. The van der Waals surface area contributed by atoms with E-state index in [1.807, 2.05) is 0 Å². The number of carbonyl (C=O) groups excluding carboxylic acids is 1. The number of anilines is 1. The van der Waals surface area contributed by atoms with Gasteiger partial charge in [-0.1, -0.05) is 0 Å². The average molecular weight is 207 g/mol. The average Bonchev–Trinajstić information content (AvgIpc) is 2.71. The summed E-state index contributed by atoms with van der Waals surface area (Å²) in [6.07, 6.45) is 1.07. The molecule has 6 heteroatoms. The summed E-state index contributed by atoms with van der Waals surface area (Å²) in [6, 6.07) is 3.67. The quantitative estimate of drug-likeness (QED) is 0.612. The van der Waals surface area contributed by atoms with E-state index in [0.717, 1.165) is 19.5 Å². The SMILES string of the molecule is NC(=O)c1ccc(NC2CCNC2)nn1. The lowest BCUT2D eigenvalue weighted by atomic mass is 10.2. The summed E-state index contributed by atoms with van der Waals surface area (Å²) in [7, 11) is 0. The van der Waals surface area contributed by atoms with Crippen LogP contribution in [-0.4, -0.2) is 35.2 Å². The molecule has 6 nitrogen and oxygen atoms in total. The van der Waals surface area contributed by atoms with E-state index < -0.39 is 5.91 Å². The second kappa shape index (κ2) is 4.22. The van der Waals surface area contributed by atoms with Crippen LogP contribution in [-0.2, 0) is 0 Å². The molecule has 0 aromatic carbocycles. The van der Waals surface area contributed by atoms with Crippen molar-refractivity contribution in [2.75, 3.05) is 18.4 Å². The zero-order valence-electron chi connectivity index (χ0n) is 8.23. The molecule has 1 aromatic rings. The summed E-state index contributed by atoms with van der Waals surface area (Å²) in [5.74, 6) is 0.116. The molecule has 1 atom stereocenters. The van der Waals surface area contributed by atoms with Gasteiger partial charge in [0.15, 0.2) is 5.69 Å². The van der Waals surface area contributed by atoms with Gasteiger partial charge in [-0.2, -0.15) is 0 Å². The summed E-state index contributed by atoms with van der Waals surface area (Å²) in [5, 5.41) is 14.0. The summed E-state index contributed by atoms with van der Waals surface area (Å²) in [5.41, 5.74) is 5.24. The Morgan fingerprint density at radius 2 is 2.40 bits per heavy atom. The van der Waals surface area contributed by atoms with Crippen molar-refractivity contribution in [2.24, 2.45) is 5.73 Å². The van der Waals surface area contributed by atoms with Crippen LogP contribution < -0.4 is 16.4 Å². The van der Waals surface area contributed by atoms with Gasteiger partial charge in [-0.25, -0.2) is 0 Å². The minimum atomic E-state index is -0.559. The normalized spacial score (nSPS) is 20.1. The van der Waals surface area contributed by atoms with Gasteiger partial charge in [-0.15, -0.1) is 10.2 Å². The van der Waals surface area contributed by atoms with Gasteiger partial charge in [0.2, 0.25) is 0 Å². The van der Waals surface area contributed by atoms with Crippen LogP contribution >= 0.6 is 0 Å². The summed E-state index contributed by atoms with van der Waals surface area (Å²) in [4.78, 5) is 10.7. The molecule has 1 aliphatic rings. The highest BCUT2D eigenvalue weighted by Gasteiger charge is 2.14. The molecule has 0 aliphatic carbocycles. The van der Waals surface area contributed by atoms with Crippen molar-refractivity contribution in [2.45, 2.75) is 12.5 Å². The Morgan fingerprint density at radius 3 is 2.93 bits per heavy atom. The molecule has 1 fully saturated rings. The van der Waals surface area contributed by atoms with Gasteiger partial charge in [0, 0.05) is 12.6 Å². The molecular weight excluding hydrogens is 194 g/mol. The Labute approximate surface area is 87.3 Å². The first-order chi connectivity index (χ1) is 7.25. The molecule has 0 spiro atoms. The fraction of sp³-hybridized carbons (Fsp3) is 0.444. The van der Waals surface area contributed by atoms with Crippen molar-refractivity contribution >= 4 is 11.7 Å². The van der Waals surface area contributed by atoms with Crippen LogP contribution in [0, 0.1) is 0 Å². The van der Waals surface area contributed by atoms with Crippen molar-refractivity contribution in [3.8, 4) is 0 Å². The minimum absolute atomic E-state index is 0.185. The predicted octanol–water partition coefficient (Wildman–Crippen LogP) is -0.651. The summed E-state index contributed by atoms with van der Waals surface area (Å²) >= 11 is 0. The lowest BCUT2D eigenvalue weighted by Crippen LogP contribution is -2.23. The van der Waals surface area contributed by atoms with E-state index >= 15 is 0 Å². The molecule has 0 radical (unpaired) electrons. The number of nitrogens with zero attached hydrogens (tertiary/aromatic N) is 2. The van der Waals surface area contributed by atoms with E-state index in [0.29, 0.717) is 11.9 Å². The van der Waals surface area contributed by atoms with Gasteiger partial charge in [0.25, 0.3) is 5.91 Å². The van der Waals surface area contributed by atoms with E-state index in [4.69, 9.17) is 5.73 Å². The largest absolute Gasteiger partial charge is 0.365 e. The Bertz CT molecular complexity index is 344. The lowest BCUT2D eigenvalue weighted by molar-refractivity contribution is 0.0994. The molecule has 1 saturated heterocycles. The first-order valence-electron chi connectivity index (χ1n) is 4.86. The van der Waals surface area contributed by atoms with Crippen molar-refractivity contribution < 1.29 is 4.79 Å². The Morgan fingerprint density at radius 1 is 1.53 bits per heavy atom. The predicted molar refractivity (Wildman–Crippen MR) is 55.4 cm³/mol. The number of primary amides is 1. The van der Waals surface area contributed by atoms with Crippen LogP contribution in [0.5, 0.6) is 0 Å². The van der Waals surface area contributed by atoms with Gasteiger partial charge < -0.3 is 16.4 Å². The zero-order chi connectivity index (χ0) is 10.7. The molecule has 80 valence electrons. The molecule has 1 unspecified atom stereocenters. The third kappa shape index (κ3) is 2.41. The van der Waals surface area contributed by atoms with Crippen LogP contribution in [0.25, 0.3) is 0 Å². The van der Waals surface area contributed by atoms with Crippen LogP contribution in [0.4, 0.5) is 5.82 Å². The minimum Gasteiger partial charge on any atom is -0.365 e. The van der Waals surface area contributed by atoms with Crippen molar-refractivity contribution in [3.05, 3.63) is 17.8 Å². The maximum Gasteiger partial charge on any atom is 0.269 e. The molecule has 0 saturated carbocycles. The molecule has 2 rings (SSSR count). The maximum absolute atomic E-state index is 10.7. The number of aromatic nitrogens is 2. The maximum atomic E-state index is 10.7. The first-order valence-corrected chi connectivity index (χ1v) is 4.86. The number of nitrogens with one attached hydrogen (secondary N) is 2. The van der Waals surface area contributed by atoms with Crippen LogP contribution in [0.2, 0.25) is 0 Å². The van der Waals surface area contributed by atoms with E-state index in [9.17, 15) is 4.79 Å². The fourth-order valence-corrected chi connectivity index (χ4v) is 1.53. The van der Waals surface area contributed by atoms with Gasteiger partial charge >= 0.3 is 0 Å². The first kappa shape index (κ1) is 9.85. The number of rotatable bonds is 3. The zero-order valence-corrected chi connectivity index (χ0v) is 8.23. The summed E-state index contributed by atoms with van der Waals surface area (Å²) in [6.45, 7) is 1.95. The molecule has 1 amide bonds. The standard InChI is InChI=1S/C9H13N5O/c10-9(15)7-1-2-8(14-13-7)12-6-3-4-11-5-6/h1-2,6,11H,3-5H2,(H2,10,15)(H,12,14). The second-order valence-corrected chi connectivity index (χ2v) is 3.50. The highest BCUT2D eigenvalue weighted by Crippen LogP contribution is 2.07. The highest BCUT2D eigenvalue weighted by atomic mass is 16.1. The van der Waals surface area contributed by atoms with Gasteiger partial charge in [0.05, 0.1) is 0 Å². The fourth-order valence-electron chi connectivity index (χ4n) is 1.53. The highest BCUT2D eigenvalue weighted by molar-refractivity contribution is 5.90. The molecule has 0 bridgehead atoms. The van der Waals surface area contributed by atoms with Crippen LogP contribution in [0.15, 0.2) is 12.1 Å². The van der Waals surface area contributed by atoms with Crippen molar-refractivity contribution in [1.82, 2.24) is 15.5 Å². The lowest BCUT2D eigenvalue weighted by Gasteiger charge is -2.10. The third-order valence-electron chi connectivity index (χ3n) is 2.33. The number of amides is 1. The number of nitrogens with two attached hydrogens (primary N) is 1. The van der Waals surface area contributed by atoms with Gasteiger partial charge in [-0.05, 0) is 25.1 Å². The Balaban J connectivity index is 2.00. The summed E-state index contributed by atoms with van der Waals surface area (Å²) < 4.78 is 0. The molecule has 15 heavy (non-hydrogen) atoms. The smallest absolute Gasteiger partial charge is 0.269 e. The molecule has 2 heterocycles. The van der Waals surface area contributed by atoms with Crippen molar-refractivity contribution in [1.29, 1.82) is 0 Å². The Hall–Kier alpha value is -1.69. The second-order valence-electron chi connectivity index (χ2n) is 3.50. The topological polar surface area (TPSA) is 92.9 Å². The van der Waals surface area contributed by atoms with E-state index in [1.165, 1.54) is 0 Å². The molecule has 1 aliphatic heterocycles. The van der Waals surface area contributed by atoms with Gasteiger partial charge in [-0.3, -0.25) is 4.79 Å². The third-order valence-corrected chi connectivity index (χ3v) is 2.33. The van der Waals surface area contributed by atoms with E-state index in [2.05, 4.69) is 20.8 Å². The monoisotopic (exact) mass is 207 g/mol. The van der Waals surface area contributed by atoms with Crippen LogP contribution in [0.3, 0.4) is 0 Å². The van der Waals surface area contributed by atoms with E-state index in [-0.39, 0.29) is 5.69 Å². The van der Waals surface area contributed by atoms with Crippen molar-refractivity contribution in [3.63, 3.8) is 0 Å². The van der Waals surface area contributed by atoms with Gasteiger partial charge in [0.1, 0.15) is 5.82 Å². The number of carbonyl (C=O) groups is 1. The Kier molecular flexibility index (Phi) is 2.77.